The molecule has 0 spiro atoms. The SMILES string of the molecule is CC(=O)c1nn(CC(=O)N2C[C@@H](C)CC2C(=O)Nc2nc(Br)ccc2C)c2ccc(-c3cnc(C)nc3)cc12. The average Bonchev–Trinajstić information content (AvgIpc) is 3.47. The second-order valence-corrected chi connectivity index (χ2v) is 10.8. The van der Waals surface area contributed by atoms with Crippen LogP contribution in [0.25, 0.3) is 22.0 Å². The third-order valence-electron chi connectivity index (χ3n) is 6.92. The van der Waals surface area contributed by atoms with Crippen molar-refractivity contribution in [2.24, 2.45) is 5.92 Å². The lowest BCUT2D eigenvalue weighted by Gasteiger charge is -2.24. The van der Waals surface area contributed by atoms with Gasteiger partial charge in [-0.15, -0.1) is 0 Å². The van der Waals surface area contributed by atoms with Crippen LogP contribution in [-0.2, 0) is 16.1 Å². The number of Topliss-reactive ketones (excluding diaryl/α,β-unsaturated/α-hetero) is 1. The first-order chi connectivity index (χ1) is 18.6. The van der Waals surface area contributed by atoms with Crippen LogP contribution in [0.1, 0.15) is 42.1 Å². The maximum Gasteiger partial charge on any atom is 0.248 e. The van der Waals surface area contributed by atoms with Crippen molar-refractivity contribution in [1.82, 2.24) is 29.6 Å². The zero-order chi connectivity index (χ0) is 27.8. The number of aromatic nitrogens is 5. The van der Waals surface area contributed by atoms with Crippen molar-refractivity contribution in [2.75, 3.05) is 11.9 Å². The summed E-state index contributed by atoms with van der Waals surface area (Å²) in [4.78, 5) is 53.7. The zero-order valence-electron chi connectivity index (χ0n) is 22.1. The Labute approximate surface area is 234 Å². The topological polar surface area (TPSA) is 123 Å². The number of amides is 2. The second kappa shape index (κ2) is 10.6. The summed E-state index contributed by atoms with van der Waals surface area (Å²) >= 11 is 3.34. The van der Waals surface area contributed by atoms with E-state index < -0.39 is 6.04 Å². The van der Waals surface area contributed by atoms with E-state index in [0.717, 1.165) is 16.7 Å². The van der Waals surface area contributed by atoms with Crippen LogP contribution in [0.2, 0.25) is 0 Å². The molecule has 200 valence electrons. The first kappa shape index (κ1) is 26.6. The van der Waals surface area contributed by atoms with Gasteiger partial charge in [-0.05, 0) is 71.4 Å². The predicted octanol–water partition coefficient (Wildman–Crippen LogP) is 4.35. The van der Waals surface area contributed by atoms with E-state index >= 15 is 0 Å². The molecule has 1 fully saturated rings. The molecule has 5 rings (SSSR count). The number of carbonyl (C=O) groups is 3. The molecule has 4 heterocycles. The number of aryl methyl sites for hydroxylation is 2. The maximum absolute atomic E-state index is 13.6. The molecule has 3 aromatic heterocycles. The quantitative estimate of drug-likeness (QED) is 0.262. The van der Waals surface area contributed by atoms with Crippen molar-refractivity contribution >= 4 is 50.2 Å². The largest absolute Gasteiger partial charge is 0.329 e. The normalized spacial score (nSPS) is 17.0. The number of hydrogen-bond donors (Lipinski definition) is 1. The fourth-order valence-electron chi connectivity index (χ4n) is 4.90. The molecule has 1 saturated heterocycles. The van der Waals surface area contributed by atoms with E-state index in [0.29, 0.717) is 40.1 Å². The lowest BCUT2D eigenvalue weighted by Crippen LogP contribution is -2.44. The molecule has 1 unspecified atom stereocenters. The van der Waals surface area contributed by atoms with Crippen LogP contribution in [0, 0.1) is 19.8 Å². The van der Waals surface area contributed by atoms with Gasteiger partial charge in [0, 0.05) is 36.8 Å². The van der Waals surface area contributed by atoms with Crippen LogP contribution in [-0.4, -0.2) is 59.8 Å². The molecule has 1 N–H and O–H groups in total. The van der Waals surface area contributed by atoms with Crippen molar-refractivity contribution in [2.45, 2.75) is 46.7 Å². The molecule has 4 aromatic rings. The number of nitrogens with zero attached hydrogens (tertiary/aromatic N) is 6. The number of benzene rings is 1. The molecule has 10 nitrogen and oxygen atoms in total. The molecule has 2 amide bonds. The number of nitrogens with one attached hydrogen (secondary N) is 1. The summed E-state index contributed by atoms with van der Waals surface area (Å²) in [6.45, 7) is 7.51. The number of pyridine rings is 1. The standard InChI is InChI=1S/C28H28BrN7O3/c1-15-9-23(28(39)33-27-16(2)5-8-24(29)32-27)35(13-15)25(38)14-36-22-7-6-19(20-11-30-18(4)31-12-20)10-21(22)26(34-36)17(3)37/h5-8,10-12,15,23H,9,13-14H2,1-4H3,(H,32,33,39)/t15-,23?/m0/s1. The van der Waals surface area contributed by atoms with Gasteiger partial charge >= 0.3 is 0 Å². The Morgan fingerprint density at radius 1 is 1.08 bits per heavy atom. The number of hydrogen-bond acceptors (Lipinski definition) is 7. The molecular formula is C28H28BrN7O3. The van der Waals surface area contributed by atoms with Gasteiger partial charge in [0.1, 0.15) is 34.5 Å². The van der Waals surface area contributed by atoms with E-state index in [1.807, 2.05) is 45.0 Å². The van der Waals surface area contributed by atoms with E-state index in [2.05, 4.69) is 41.3 Å². The highest BCUT2D eigenvalue weighted by atomic mass is 79.9. The first-order valence-corrected chi connectivity index (χ1v) is 13.4. The minimum atomic E-state index is -0.630. The summed E-state index contributed by atoms with van der Waals surface area (Å²) in [7, 11) is 0. The highest BCUT2D eigenvalue weighted by molar-refractivity contribution is 9.10. The van der Waals surface area contributed by atoms with Gasteiger partial charge in [-0.25, -0.2) is 15.0 Å². The summed E-state index contributed by atoms with van der Waals surface area (Å²) < 4.78 is 2.16. The van der Waals surface area contributed by atoms with E-state index in [-0.39, 0.29) is 35.8 Å². The Hall–Kier alpha value is -3.99. The fourth-order valence-corrected chi connectivity index (χ4v) is 5.21. The number of fused-ring (bicyclic) bond motifs is 1. The Kier molecular flexibility index (Phi) is 7.26. The summed E-state index contributed by atoms with van der Waals surface area (Å²) in [5, 5.41) is 8.03. The summed E-state index contributed by atoms with van der Waals surface area (Å²) in [6, 6.07) is 8.64. The van der Waals surface area contributed by atoms with Crippen LogP contribution in [0.5, 0.6) is 0 Å². The van der Waals surface area contributed by atoms with Gasteiger partial charge in [0.15, 0.2) is 5.78 Å². The Morgan fingerprint density at radius 3 is 2.54 bits per heavy atom. The maximum atomic E-state index is 13.6. The number of halogens is 1. The first-order valence-electron chi connectivity index (χ1n) is 12.6. The van der Waals surface area contributed by atoms with E-state index in [1.165, 1.54) is 6.92 Å². The highest BCUT2D eigenvalue weighted by Gasteiger charge is 2.38. The summed E-state index contributed by atoms with van der Waals surface area (Å²) in [6.07, 6.45) is 4.01. The van der Waals surface area contributed by atoms with Gasteiger partial charge in [-0.2, -0.15) is 5.10 Å². The third kappa shape index (κ3) is 5.44. The minimum absolute atomic E-state index is 0.0958. The smallest absolute Gasteiger partial charge is 0.248 e. The second-order valence-electron chi connectivity index (χ2n) is 10.0. The number of anilines is 1. The van der Waals surface area contributed by atoms with E-state index in [1.54, 1.807) is 28.0 Å². The third-order valence-corrected chi connectivity index (χ3v) is 7.36. The molecule has 11 heteroatoms. The van der Waals surface area contributed by atoms with E-state index in [9.17, 15) is 14.4 Å². The van der Waals surface area contributed by atoms with Crippen LogP contribution in [0.4, 0.5) is 5.82 Å². The van der Waals surface area contributed by atoms with Gasteiger partial charge < -0.3 is 10.2 Å². The van der Waals surface area contributed by atoms with Gasteiger partial charge in [0.25, 0.3) is 0 Å². The Morgan fingerprint density at radius 2 is 1.82 bits per heavy atom. The molecule has 0 radical (unpaired) electrons. The van der Waals surface area contributed by atoms with Crippen LogP contribution in [0.15, 0.2) is 47.3 Å². The minimum Gasteiger partial charge on any atom is -0.329 e. The highest BCUT2D eigenvalue weighted by Crippen LogP contribution is 2.28. The van der Waals surface area contributed by atoms with Gasteiger partial charge in [-0.1, -0.05) is 19.1 Å². The molecule has 1 aliphatic rings. The molecule has 0 bridgehead atoms. The number of carbonyl (C=O) groups excluding carboxylic acids is 3. The van der Waals surface area contributed by atoms with Crippen LogP contribution in [0.3, 0.4) is 0 Å². The summed E-state index contributed by atoms with van der Waals surface area (Å²) in [5.41, 5.74) is 3.43. The van der Waals surface area contributed by atoms with Crippen molar-refractivity contribution < 1.29 is 14.4 Å². The van der Waals surface area contributed by atoms with Crippen molar-refractivity contribution in [3.63, 3.8) is 0 Å². The predicted molar refractivity (Wildman–Crippen MR) is 150 cm³/mol. The monoisotopic (exact) mass is 589 g/mol. The van der Waals surface area contributed by atoms with Crippen LogP contribution < -0.4 is 5.32 Å². The summed E-state index contributed by atoms with van der Waals surface area (Å²) in [5.74, 6) is 0.562. The molecule has 1 aliphatic heterocycles. The Bertz CT molecular complexity index is 1600. The van der Waals surface area contributed by atoms with Crippen molar-refractivity contribution in [3.8, 4) is 11.1 Å². The Balaban J connectivity index is 1.41. The molecule has 1 aromatic carbocycles. The lowest BCUT2D eigenvalue weighted by atomic mass is 10.0. The van der Waals surface area contributed by atoms with Crippen molar-refractivity contribution in [3.05, 3.63) is 64.4 Å². The number of rotatable bonds is 6. The lowest BCUT2D eigenvalue weighted by molar-refractivity contribution is -0.137. The molecule has 39 heavy (non-hydrogen) atoms. The number of ketones is 1. The molecule has 2 atom stereocenters. The molecular weight excluding hydrogens is 562 g/mol. The van der Waals surface area contributed by atoms with Gasteiger partial charge in [-0.3, -0.25) is 19.1 Å². The van der Waals surface area contributed by atoms with Crippen molar-refractivity contribution in [1.29, 1.82) is 0 Å². The van der Waals surface area contributed by atoms with Gasteiger partial charge in [0.05, 0.1) is 5.52 Å². The number of likely N-dealkylation sites (tertiary alicyclic amines) is 1. The van der Waals surface area contributed by atoms with E-state index in [4.69, 9.17) is 0 Å². The van der Waals surface area contributed by atoms with Gasteiger partial charge in [0.2, 0.25) is 11.8 Å². The van der Waals surface area contributed by atoms with Crippen LogP contribution >= 0.6 is 15.9 Å². The molecule has 0 saturated carbocycles. The fraction of sp³-hybridized carbons (Fsp3) is 0.321. The average molecular weight is 590 g/mol. The molecule has 0 aliphatic carbocycles. The zero-order valence-corrected chi connectivity index (χ0v) is 23.7.